The van der Waals surface area contributed by atoms with E-state index in [1.165, 1.54) is 11.4 Å². The second kappa shape index (κ2) is 6.67. The highest BCUT2D eigenvalue weighted by molar-refractivity contribution is 5.61. The third-order valence-electron chi connectivity index (χ3n) is 2.29. The fraction of sp³-hybridized carbons (Fsp3) is 0.200. The maximum absolute atomic E-state index is 2.17. The van der Waals surface area contributed by atoms with Crippen molar-refractivity contribution in [2.24, 2.45) is 0 Å². The molecule has 0 saturated carbocycles. The highest BCUT2D eigenvalue weighted by atomic mass is 15.1. The molecule has 0 N–H and O–H groups in total. The van der Waals surface area contributed by atoms with Gasteiger partial charge in [-0.25, -0.2) is 0 Å². The molecule has 2 aromatic carbocycles. The summed E-state index contributed by atoms with van der Waals surface area (Å²) < 4.78 is 0. The molecule has 86 valence electrons. The van der Waals surface area contributed by atoms with E-state index in [9.17, 15) is 0 Å². The van der Waals surface area contributed by atoms with Crippen LogP contribution in [0.4, 0.5) is 11.4 Å². The summed E-state index contributed by atoms with van der Waals surface area (Å²) in [6, 6.07) is 20.7. The molecule has 0 bridgehead atoms. The van der Waals surface area contributed by atoms with Crippen molar-refractivity contribution in [3.63, 3.8) is 0 Å². The minimum absolute atomic E-state index is 0. The van der Waals surface area contributed by atoms with Crippen molar-refractivity contribution in [2.45, 2.75) is 14.9 Å². The molecule has 0 heterocycles. The van der Waals surface area contributed by atoms with Gasteiger partial charge in [-0.15, -0.1) is 0 Å². The Bertz CT molecular complexity index is 341. The average molecular weight is 215 g/mol. The van der Waals surface area contributed by atoms with Crippen molar-refractivity contribution >= 4 is 11.4 Å². The maximum Gasteiger partial charge on any atom is 0.0408 e. The molecule has 1 nitrogen and oxygen atoms in total. The van der Waals surface area contributed by atoms with E-state index in [2.05, 4.69) is 60.5 Å². The van der Waals surface area contributed by atoms with Gasteiger partial charge in [0.2, 0.25) is 0 Å². The van der Waals surface area contributed by atoms with Crippen molar-refractivity contribution in [2.75, 3.05) is 11.9 Å². The van der Waals surface area contributed by atoms with Gasteiger partial charge >= 0.3 is 0 Å². The zero-order chi connectivity index (χ0) is 9.80. The Hall–Kier alpha value is -1.76. The molecular formula is C15H21N. The second-order valence-corrected chi connectivity index (χ2v) is 3.23. The minimum Gasteiger partial charge on any atom is -0.345 e. The molecule has 0 aliphatic carbocycles. The first-order valence-corrected chi connectivity index (χ1v) is 4.72. The summed E-state index contributed by atoms with van der Waals surface area (Å²) in [6.45, 7) is 0. The van der Waals surface area contributed by atoms with Crippen LogP contribution in [0.1, 0.15) is 14.9 Å². The largest absolute Gasteiger partial charge is 0.345 e. The summed E-state index contributed by atoms with van der Waals surface area (Å²) >= 11 is 0. The molecule has 0 spiro atoms. The normalized spacial score (nSPS) is 8.56. The smallest absolute Gasteiger partial charge is 0.0408 e. The number of anilines is 2. The molecule has 0 amide bonds. The van der Waals surface area contributed by atoms with Crippen molar-refractivity contribution < 1.29 is 0 Å². The lowest BCUT2D eigenvalue weighted by Gasteiger charge is -2.18. The lowest BCUT2D eigenvalue weighted by atomic mass is 10.2. The van der Waals surface area contributed by atoms with Crippen LogP contribution in [0.5, 0.6) is 0 Å². The van der Waals surface area contributed by atoms with Gasteiger partial charge in [0.25, 0.3) is 0 Å². The van der Waals surface area contributed by atoms with Crippen LogP contribution in [0.3, 0.4) is 0 Å². The van der Waals surface area contributed by atoms with Crippen LogP contribution < -0.4 is 4.90 Å². The third kappa shape index (κ3) is 3.13. The fourth-order valence-electron chi connectivity index (χ4n) is 1.45. The summed E-state index contributed by atoms with van der Waals surface area (Å²) in [6.07, 6.45) is 0. The Balaban J connectivity index is 0.00000112. The predicted molar refractivity (Wildman–Crippen MR) is 74.4 cm³/mol. The molecule has 0 radical (unpaired) electrons. The van der Waals surface area contributed by atoms with Gasteiger partial charge in [0.15, 0.2) is 0 Å². The summed E-state index contributed by atoms with van der Waals surface area (Å²) in [5.41, 5.74) is 2.41. The van der Waals surface area contributed by atoms with E-state index in [-0.39, 0.29) is 14.9 Å². The Labute approximate surface area is 99.4 Å². The molecular weight excluding hydrogens is 194 g/mol. The quantitative estimate of drug-likeness (QED) is 0.700. The van der Waals surface area contributed by atoms with Gasteiger partial charge in [0.1, 0.15) is 0 Å². The van der Waals surface area contributed by atoms with Gasteiger partial charge < -0.3 is 4.90 Å². The van der Waals surface area contributed by atoms with Crippen LogP contribution in [0.15, 0.2) is 60.7 Å². The summed E-state index contributed by atoms with van der Waals surface area (Å²) in [7, 11) is 2.07. The molecule has 0 saturated heterocycles. The molecule has 1 heteroatoms. The fourth-order valence-corrected chi connectivity index (χ4v) is 1.45. The van der Waals surface area contributed by atoms with Gasteiger partial charge in [-0.2, -0.15) is 0 Å². The standard InChI is InChI=1S/C13H13N.2CH4/c1-14(12-8-4-2-5-9-12)13-10-6-3-7-11-13;;/h2-11H,1H3;2*1H4. The van der Waals surface area contributed by atoms with E-state index in [0.29, 0.717) is 0 Å². The van der Waals surface area contributed by atoms with Gasteiger partial charge in [-0.05, 0) is 24.3 Å². The highest BCUT2D eigenvalue weighted by Gasteiger charge is 2.00. The van der Waals surface area contributed by atoms with E-state index in [4.69, 9.17) is 0 Å². The Morgan fingerprint density at radius 3 is 1.25 bits per heavy atom. The lowest BCUT2D eigenvalue weighted by molar-refractivity contribution is 1.21. The number of para-hydroxylation sites is 2. The first-order valence-electron chi connectivity index (χ1n) is 4.72. The molecule has 2 rings (SSSR count). The zero-order valence-electron chi connectivity index (χ0n) is 8.22. The second-order valence-electron chi connectivity index (χ2n) is 3.23. The van der Waals surface area contributed by atoms with Crippen LogP contribution in [0.2, 0.25) is 0 Å². The topological polar surface area (TPSA) is 3.24 Å². The van der Waals surface area contributed by atoms with Crippen molar-refractivity contribution in [1.82, 2.24) is 0 Å². The summed E-state index contributed by atoms with van der Waals surface area (Å²) in [5.74, 6) is 0. The molecule has 0 aliphatic rings. The van der Waals surface area contributed by atoms with Gasteiger partial charge in [-0.3, -0.25) is 0 Å². The average Bonchev–Trinajstić information content (AvgIpc) is 2.30. The predicted octanol–water partition coefficient (Wildman–Crippen LogP) is 4.73. The molecule has 0 fully saturated rings. The van der Waals surface area contributed by atoms with E-state index < -0.39 is 0 Å². The summed E-state index contributed by atoms with van der Waals surface area (Å²) in [4.78, 5) is 2.17. The van der Waals surface area contributed by atoms with Gasteiger partial charge in [0, 0.05) is 18.4 Å². The Morgan fingerprint density at radius 2 is 0.938 bits per heavy atom. The molecule has 16 heavy (non-hydrogen) atoms. The molecule has 2 aromatic rings. The van der Waals surface area contributed by atoms with E-state index in [1.807, 2.05) is 12.1 Å². The van der Waals surface area contributed by atoms with E-state index in [0.717, 1.165) is 0 Å². The highest BCUT2D eigenvalue weighted by Crippen LogP contribution is 2.21. The van der Waals surface area contributed by atoms with Crippen LogP contribution >= 0.6 is 0 Å². The van der Waals surface area contributed by atoms with Crippen molar-refractivity contribution in [3.05, 3.63) is 60.7 Å². The first-order chi connectivity index (χ1) is 6.88. The Kier molecular flexibility index (Phi) is 5.94. The van der Waals surface area contributed by atoms with E-state index in [1.54, 1.807) is 0 Å². The van der Waals surface area contributed by atoms with Crippen LogP contribution in [0, 0.1) is 0 Å². The number of hydrogen-bond donors (Lipinski definition) is 0. The molecule has 0 unspecified atom stereocenters. The van der Waals surface area contributed by atoms with Crippen molar-refractivity contribution in [1.29, 1.82) is 0 Å². The lowest BCUT2D eigenvalue weighted by Crippen LogP contribution is -2.08. The molecule has 0 aliphatic heterocycles. The van der Waals surface area contributed by atoms with Gasteiger partial charge in [-0.1, -0.05) is 51.3 Å². The first kappa shape index (κ1) is 14.2. The summed E-state index contributed by atoms with van der Waals surface area (Å²) in [5, 5.41) is 0. The van der Waals surface area contributed by atoms with Crippen LogP contribution in [0.25, 0.3) is 0 Å². The zero-order valence-corrected chi connectivity index (χ0v) is 8.22. The van der Waals surface area contributed by atoms with Gasteiger partial charge in [0.05, 0.1) is 0 Å². The van der Waals surface area contributed by atoms with Crippen LogP contribution in [-0.4, -0.2) is 7.05 Å². The number of nitrogens with zero attached hydrogens (tertiary/aromatic N) is 1. The third-order valence-corrected chi connectivity index (χ3v) is 2.29. The van der Waals surface area contributed by atoms with Crippen LogP contribution in [-0.2, 0) is 0 Å². The molecule has 0 atom stereocenters. The number of benzene rings is 2. The molecule has 0 aromatic heterocycles. The minimum atomic E-state index is 0. The monoisotopic (exact) mass is 215 g/mol. The SMILES string of the molecule is C.C.CN(c1ccccc1)c1ccccc1. The van der Waals surface area contributed by atoms with Crippen molar-refractivity contribution in [3.8, 4) is 0 Å². The number of rotatable bonds is 2. The van der Waals surface area contributed by atoms with E-state index >= 15 is 0 Å². The maximum atomic E-state index is 2.17. The Morgan fingerprint density at radius 1 is 0.625 bits per heavy atom. The number of hydrogen-bond acceptors (Lipinski definition) is 1.